The van der Waals surface area contributed by atoms with Crippen LogP contribution in [-0.4, -0.2) is 28.7 Å². The molecular formula is C25H22N2O3. The summed E-state index contributed by atoms with van der Waals surface area (Å²) in [5, 5.41) is 2.98. The summed E-state index contributed by atoms with van der Waals surface area (Å²) in [5.41, 5.74) is 2.50. The molecule has 0 saturated heterocycles. The standard InChI is InChI=1S/C25H22N2O3/c1-17(19-12-6-3-7-13-19)26-23(28)22(16-18-10-4-2-5-11-18)27-24(29)20-14-8-9-15-21(20)25(27)30/h2-15,17,22H,16H2,1H3,(H,26,28)/t17-,22+/m0/s1. The molecule has 0 aliphatic carbocycles. The van der Waals surface area contributed by atoms with E-state index in [0.29, 0.717) is 11.1 Å². The highest BCUT2D eigenvalue weighted by Crippen LogP contribution is 2.26. The zero-order valence-corrected chi connectivity index (χ0v) is 16.6. The Morgan fingerprint density at radius 2 is 1.30 bits per heavy atom. The first-order chi connectivity index (χ1) is 14.6. The molecule has 150 valence electrons. The van der Waals surface area contributed by atoms with E-state index < -0.39 is 17.9 Å². The summed E-state index contributed by atoms with van der Waals surface area (Å²) in [7, 11) is 0. The number of nitrogens with one attached hydrogen (secondary N) is 1. The van der Waals surface area contributed by atoms with Crippen LogP contribution in [0.1, 0.15) is 44.8 Å². The quantitative estimate of drug-likeness (QED) is 0.643. The second-order valence-corrected chi connectivity index (χ2v) is 7.37. The predicted molar refractivity (Wildman–Crippen MR) is 114 cm³/mol. The summed E-state index contributed by atoms with van der Waals surface area (Å²) >= 11 is 0. The van der Waals surface area contributed by atoms with Crippen molar-refractivity contribution in [2.45, 2.75) is 25.4 Å². The number of nitrogens with zero attached hydrogens (tertiary/aromatic N) is 1. The lowest BCUT2D eigenvalue weighted by Crippen LogP contribution is -2.51. The van der Waals surface area contributed by atoms with Crippen molar-refractivity contribution in [2.24, 2.45) is 0 Å². The van der Waals surface area contributed by atoms with Gasteiger partial charge in [0, 0.05) is 6.42 Å². The first-order valence-electron chi connectivity index (χ1n) is 9.92. The minimum absolute atomic E-state index is 0.250. The maximum Gasteiger partial charge on any atom is 0.262 e. The number of benzene rings is 3. The molecule has 5 nitrogen and oxygen atoms in total. The topological polar surface area (TPSA) is 66.5 Å². The molecule has 1 heterocycles. The number of hydrogen-bond donors (Lipinski definition) is 1. The van der Waals surface area contributed by atoms with E-state index in [0.717, 1.165) is 16.0 Å². The van der Waals surface area contributed by atoms with Crippen molar-refractivity contribution in [3.05, 3.63) is 107 Å². The minimum Gasteiger partial charge on any atom is -0.348 e. The first kappa shape index (κ1) is 19.6. The summed E-state index contributed by atoms with van der Waals surface area (Å²) in [6, 6.07) is 24.5. The van der Waals surface area contributed by atoms with Gasteiger partial charge in [0.2, 0.25) is 5.91 Å². The van der Waals surface area contributed by atoms with Crippen molar-refractivity contribution in [2.75, 3.05) is 0 Å². The Morgan fingerprint density at radius 3 is 1.87 bits per heavy atom. The second kappa shape index (κ2) is 8.33. The van der Waals surface area contributed by atoms with Gasteiger partial charge < -0.3 is 5.32 Å². The Bertz CT molecular complexity index is 1040. The summed E-state index contributed by atoms with van der Waals surface area (Å²) in [6.45, 7) is 1.88. The molecule has 30 heavy (non-hydrogen) atoms. The van der Waals surface area contributed by atoms with Gasteiger partial charge in [-0.15, -0.1) is 0 Å². The van der Waals surface area contributed by atoms with Crippen LogP contribution in [0.2, 0.25) is 0 Å². The molecule has 1 aliphatic heterocycles. The third kappa shape index (κ3) is 3.74. The lowest BCUT2D eigenvalue weighted by molar-refractivity contribution is -0.125. The second-order valence-electron chi connectivity index (χ2n) is 7.37. The molecule has 4 rings (SSSR count). The van der Waals surface area contributed by atoms with Gasteiger partial charge in [-0.2, -0.15) is 0 Å². The molecule has 0 spiro atoms. The van der Waals surface area contributed by atoms with Crippen molar-refractivity contribution in [3.63, 3.8) is 0 Å². The van der Waals surface area contributed by atoms with Crippen LogP contribution in [0, 0.1) is 0 Å². The molecule has 2 atom stereocenters. The minimum atomic E-state index is -0.939. The lowest BCUT2D eigenvalue weighted by Gasteiger charge is -2.27. The fraction of sp³-hybridized carbons (Fsp3) is 0.160. The van der Waals surface area contributed by atoms with Gasteiger partial charge in [-0.3, -0.25) is 19.3 Å². The summed E-state index contributed by atoms with van der Waals surface area (Å²) < 4.78 is 0. The third-order valence-electron chi connectivity index (χ3n) is 5.37. The van der Waals surface area contributed by atoms with Crippen LogP contribution in [0.4, 0.5) is 0 Å². The number of hydrogen-bond acceptors (Lipinski definition) is 3. The van der Waals surface area contributed by atoms with Crippen molar-refractivity contribution in [1.29, 1.82) is 0 Å². The molecule has 1 N–H and O–H groups in total. The largest absolute Gasteiger partial charge is 0.348 e. The van der Waals surface area contributed by atoms with Crippen LogP contribution >= 0.6 is 0 Å². The fourth-order valence-corrected chi connectivity index (χ4v) is 3.76. The SMILES string of the molecule is C[C@H](NC(=O)[C@@H](Cc1ccccc1)N1C(=O)c2ccccc2C1=O)c1ccccc1. The van der Waals surface area contributed by atoms with Gasteiger partial charge in [0.25, 0.3) is 11.8 Å². The van der Waals surface area contributed by atoms with Gasteiger partial charge in [-0.05, 0) is 30.2 Å². The molecule has 3 aromatic rings. The predicted octanol–water partition coefficient (Wildman–Crippen LogP) is 3.77. The van der Waals surface area contributed by atoms with Crippen molar-refractivity contribution >= 4 is 17.7 Å². The maximum absolute atomic E-state index is 13.3. The molecule has 0 saturated carbocycles. The zero-order chi connectivity index (χ0) is 21.1. The van der Waals surface area contributed by atoms with E-state index in [4.69, 9.17) is 0 Å². The van der Waals surface area contributed by atoms with Gasteiger partial charge in [-0.25, -0.2) is 0 Å². The highest BCUT2D eigenvalue weighted by atomic mass is 16.2. The Morgan fingerprint density at radius 1 is 0.800 bits per heavy atom. The molecule has 3 aromatic carbocycles. The summed E-state index contributed by atoms with van der Waals surface area (Å²) in [4.78, 5) is 40.5. The van der Waals surface area contributed by atoms with Crippen molar-refractivity contribution in [1.82, 2.24) is 10.2 Å². The zero-order valence-electron chi connectivity index (χ0n) is 16.6. The number of fused-ring (bicyclic) bond motifs is 1. The Kier molecular flexibility index (Phi) is 5.44. The molecule has 0 radical (unpaired) electrons. The van der Waals surface area contributed by atoms with Crippen LogP contribution in [-0.2, 0) is 11.2 Å². The number of carbonyl (C=O) groups is 3. The fourth-order valence-electron chi connectivity index (χ4n) is 3.76. The summed E-state index contributed by atoms with van der Waals surface area (Å²) in [5.74, 6) is -1.22. The van der Waals surface area contributed by atoms with Gasteiger partial charge in [0.15, 0.2) is 0 Å². The normalized spacial score (nSPS) is 14.9. The first-order valence-corrected chi connectivity index (χ1v) is 9.92. The van der Waals surface area contributed by atoms with E-state index in [-0.39, 0.29) is 18.4 Å². The highest BCUT2D eigenvalue weighted by Gasteiger charge is 2.42. The van der Waals surface area contributed by atoms with E-state index in [1.165, 1.54) is 0 Å². The van der Waals surface area contributed by atoms with Crippen LogP contribution < -0.4 is 5.32 Å². The number of carbonyl (C=O) groups excluding carboxylic acids is 3. The Labute approximate surface area is 175 Å². The van der Waals surface area contributed by atoms with Crippen LogP contribution in [0.25, 0.3) is 0 Å². The average molecular weight is 398 g/mol. The van der Waals surface area contributed by atoms with E-state index in [1.807, 2.05) is 67.6 Å². The maximum atomic E-state index is 13.3. The van der Waals surface area contributed by atoms with Gasteiger partial charge >= 0.3 is 0 Å². The number of imide groups is 1. The Balaban J connectivity index is 1.64. The van der Waals surface area contributed by atoms with E-state index >= 15 is 0 Å². The molecule has 0 aromatic heterocycles. The average Bonchev–Trinajstić information content (AvgIpc) is 3.03. The van der Waals surface area contributed by atoms with Crippen LogP contribution in [0.15, 0.2) is 84.9 Å². The van der Waals surface area contributed by atoms with Crippen molar-refractivity contribution < 1.29 is 14.4 Å². The molecule has 5 heteroatoms. The monoisotopic (exact) mass is 398 g/mol. The van der Waals surface area contributed by atoms with E-state index in [9.17, 15) is 14.4 Å². The molecule has 0 unspecified atom stereocenters. The molecule has 1 aliphatic rings. The number of rotatable bonds is 6. The molecular weight excluding hydrogens is 376 g/mol. The van der Waals surface area contributed by atoms with Gasteiger partial charge in [0.05, 0.1) is 17.2 Å². The molecule has 3 amide bonds. The molecule has 0 bridgehead atoms. The highest BCUT2D eigenvalue weighted by molar-refractivity contribution is 6.22. The third-order valence-corrected chi connectivity index (χ3v) is 5.37. The van der Waals surface area contributed by atoms with Crippen LogP contribution in [0.5, 0.6) is 0 Å². The number of amides is 3. The lowest BCUT2D eigenvalue weighted by atomic mass is 10.0. The van der Waals surface area contributed by atoms with Crippen LogP contribution in [0.3, 0.4) is 0 Å². The molecule has 0 fully saturated rings. The summed E-state index contributed by atoms with van der Waals surface area (Å²) in [6.07, 6.45) is 0.250. The smallest absolute Gasteiger partial charge is 0.262 e. The van der Waals surface area contributed by atoms with E-state index in [2.05, 4.69) is 5.32 Å². The van der Waals surface area contributed by atoms with Crippen molar-refractivity contribution in [3.8, 4) is 0 Å². The van der Waals surface area contributed by atoms with E-state index in [1.54, 1.807) is 24.3 Å². The van der Waals surface area contributed by atoms with Gasteiger partial charge in [-0.1, -0.05) is 72.8 Å². The van der Waals surface area contributed by atoms with Gasteiger partial charge in [0.1, 0.15) is 6.04 Å². The Hall–Kier alpha value is -3.73.